The number of ether oxygens (including phenoxy) is 2. The van der Waals surface area contributed by atoms with Crippen molar-refractivity contribution >= 4 is 17.8 Å². The molecule has 58 heavy (non-hydrogen) atoms. The van der Waals surface area contributed by atoms with E-state index in [1.165, 1.54) is 116 Å². The first-order valence-electron chi connectivity index (χ1n) is 25.5. The highest BCUT2D eigenvalue weighted by atomic mass is 16.5. The summed E-state index contributed by atoms with van der Waals surface area (Å²) in [5.41, 5.74) is 0. The van der Waals surface area contributed by atoms with Gasteiger partial charge in [0.1, 0.15) is 0 Å². The van der Waals surface area contributed by atoms with Gasteiger partial charge in [-0.15, -0.1) is 0 Å². The maximum Gasteiger partial charge on any atom is 0.305 e. The summed E-state index contributed by atoms with van der Waals surface area (Å²) >= 11 is 0. The Morgan fingerprint density at radius 2 is 0.828 bits per heavy atom. The molecule has 0 fully saturated rings. The van der Waals surface area contributed by atoms with Gasteiger partial charge in [-0.05, 0) is 77.9 Å². The van der Waals surface area contributed by atoms with Gasteiger partial charge in [0, 0.05) is 31.8 Å². The van der Waals surface area contributed by atoms with E-state index in [-0.39, 0.29) is 11.9 Å². The van der Waals surface area contributed by atoms with Crippen LogP contribution in [0.2, 0.25) is 0 Å². The van der Waals surface area contributed by atoms with Crippen LogP contribution >= 0.6 is 0 Å². The van der Waals surface area contributed by atoms with Crippen LogP contribution in [0.5, 0.6) is 0 Å². The van der Waals surface area contributed by atoms with Crippen LogP contribution in [-0.4, -0.2) is 74.1 Å². The van der Waals surface area contributed by atoms with Gasteiger partial charge in [0.25, 0.3) is 0 Å². The number of unbranched alkanes of at least 4 members (excludes halogenated alkanes) is 24. The Balaban J connectivity index is 4.79. The maximum absolute atomic E-state index is 13.8. The molecular weight excluding hydrogens is 721 g/mol. The lowest BCUT2D eigenvalue weighted by Gasteiger charge is -2.33. The second-order valence-corrected chi connectivity index (χ2v) is 18.2. The van der Waals surface area contributed by atoms with Crippen LogP contribution in [0.4, 0.5) is 0 Å². The van der Waals surface area contributed by atoms with Gasteiger partial charge in [0.15, 0.2) is 0 Å². The van der Waals surface area contributed by atoms with Crippen LogP contribution < -0.4 is 0 Å². The van der Waals surface area contributed by atoms with E-state index in [4.69, 9.17) is 9.47 Å². The number of rotatable bonds is 45. The lowest BCUT2D eigenvalue weighted by atomic mass is 9.97. The molecule has 0 radical (unpaired) electrons. The Labute approximate surface area is 361 Å². The first kappa shape index (κ1) is 56.4. The molecule has 7 nitrogen and oxygen atoms in total. The predicted molar refractivity (Wildman–Crippen MR) is 248 cm³/mol. The second-order valence-electron chi connectivity index (χ2n) is 18.2. The number of hydrogen-bond donors (Lipinski definition) is 0. The highest BCUT2D eigenvalue weighted by Gasteiger charge is 2.23. The molecule has 0 saturated heterocycles. The summed E-state index contributed by atoms with van der Waals surface area (Å²) in [6.07, 6.45) is 40.5. The molecule has 0 aromatic carbocycles. The van der Waals surface area contributed by atoms with Crippen molar-refractivity contribution in [3.05, 3.63) is 0 Å². The van der Waals surface area contributed by atoms with E-state index < -0.39 is 0 Å². The Morgan fingerprint density at radius 1 is 0.431 bits per heavy atom. The van der Waals surface area contributed by atoms with Gasteiger partial charge in [-0.2, -0.15) is 0 Å². The Hall–Kier alpha value is -1.63. The van der Waals surface area contributed by atoms with Crippen LogP contribution in [0.15, 0.2) is 0 Å². The van der Waals surface area contributed by atoms with Gasteiger partial charge < -0.3 is 19.3 Å². The minimum absolute atomic E-state index is 0.0274. The summed E-state index contributed by atoms with van der Waals surface area (Å²) in [5, 5.41) is 0. The molecular formula is C51H100N2O5. The van der Waals surface area contributed by atoms with E-state index >= 15 is 0 Å². The minimum atomic E-state index is -0.0300. The van der Waals surface area contributed by atoms with Crippen LogP contribution in [-0.2, 0) is 23.9 Å². The fraction of sp³-hybridized carbons (Fsp3) is 0.941. The summed E-state index contributed by atoms with van der Waals surface area (Å²) in [5.74, 6) is 0.772. The topological polar surface area (TPSA) is 76.2 Å². The van der Waals surface area contributed by atoms with E-state index in [0.29, 0.717) is 50.3 Å². The van der Waals surface area contributed by atoms with Crippen LogP contribution in [0, 0.1) is 5.92 Å². The molecule has 0 saturated carbocycles. The predicted octanol–water partition coefficient (Wildman–Crippen LogP) is 14.6. The Bertz CT molecular complexity index is 911. The average Bonchev–Trinajstić information content (AvgIpc) is 3.20. The number of amides is 1. The first-order chi connectivity index (χ1) is 28.2. The van der Waals surface area contributed by atoms with Crippen molar-refractivity contribution in [1.82, 2.24) is 9.80 Å². The van der Waals surface area contributed by atoms with E-state index in [2.05, 4.69) is 51.6 Å². The van der Waals surface area contributed by atoms with Gasteiger partial charge in [-0.3, -0.25) is 14.4 Å². The van der Waals surface area contributed by atoms with E-state index in [0.717, 1.165) is 109 Å². The quantitative estimate of drug-likeness (QED) is 0.0450. The van der Waals surface area contributed by atoms with E-state index in [9.17, 15) is 14.4 Å². The van der Waals surface area contributed by atoms with Crippen LogP contribution in [0.3, 0.4) is 0 Å². The average molecular weight is 821 g/mol. The van der Waals surface area contributed by atoms with Crippen LogP contribution in [0.25, 0.3) is 0 Å². The van der Waals surface area contributed by atoms with Crippen LogP contribution in [0.1, 0.15) is 259 Å². The van der Waals surface area contributed by atoms with Crippen molar-refractivity contribution < 1.29 is 23.9 Å². The molecule has 0 heterocycles. The van der Waals surface area contributed by atoms with Gasteiger partial charge in [0.05, 0.1) is 13.2 Å². The maximum atomic E-state index is 13.8. The molecule has 0 aromatic heterocycles. The van der Waals surface area contributed by atoms with Gasteiger partial charge in [-0.25, -0.2) is 0 Å². The highest BCUT2D eigenvalue weighted by Crippen LogP contribution is 2.22. The molecule has 7 heteroatoms. The second kappa shape index (κ2) is 43.5. The zero-order valence-corrected chi connectivity index (χ0v) is 39.9. The monoisotopic (exact) mass is 821 g/mol. The van der Waals surface area contributed by atoms with Crippen molar-refractivity contribution in [3.8, 4) is 0 Å². The minimum Gasteiger partial charge on any atom is -0.466 e. The largest absolute Gasteiger partial charge is 0.466 e. The molecule has 0 spiro atoms. The lowest BCUT2D eigenvalue weighted by Crippen LogP contribution is -2.41. The fourth-order valence-corrected chi connectivity index (χ4v) is 8.06. The third kappa shape index (κ3) is 38.6. The molecule has 344 valence electrons. The molecule has 0 aromatic rings. The summed E-state index contributed by atoms with van der Waals surface area (Å²) in [7, 11) is 4.25. The molecule has 0 rings (SSSR count). The van der Waals surface area contributed by atoms with Crippen molar-refractivity contribution in [2.45, 2.75) is 265 Å². The highest BCUT2D eigenvalue weighted by molar-refractivity contribution is 5.76. The van der Waals surface area contributed by atoms with Crippen molar-refractivity contribution in [2.24, 2.45) is 5.92 Å². The van der Waals surface area contributed by atoms with E-state index in [1.54, 1.807) is 0 Å². The van der Waals surface area contributed by atoms with Crippen molar-refractivity contribution in [1.29, 1.82) is 0 Å². The normalized spacial score (nSPS) is 12.5. The molecule has 0 aliphatic heterocycles. The first-order valence-corrected chi connectivity index (χ1v) is 25.5. The van der Waals surface area contributed by atoms with E-state index in [1.807, 2.05) is 0 Å². The third-order valence-corrected chi connectivity index (χ3v) is 11.9. The Kier molecular flexibility index (Phi) is 42.2. The molecule has 0 aliphatic rings. The number of esters is 2. The zero-order chi connectivity index (χ0) is 42.7. The molecule has 2 atom stereocenters. The number of carbonyl (C=O) groups is 3. The zero-order valence-electron chi connectivity index (χ0n) is 39.9. The summed E-state index contributed by atoms with van der Waals surface area (Å²) in [6.45, 7) is 11.9. The van der Waals surface area contributed by atoms with Gasteiger partial charge in [-0.1, -0.05) is 188 Å². The summed E-state index contributed by atoms with van der Waals surface area (Å²) in [6, 6.07) is 0.324. The summed E-state index contributed by atoms with van der Waals surface area (Å²) in [4.78, 5) is 42.8. The number of nitrogens with zero attached hydrogens (tertiary/aromatic N) is 2. The Morgan fingerprint density at radius 3 is 1.33 bits per heavy atom. The standard InChI is InChI=1S/C51H100N2O5/c1-7-10-13-16-18-25-32-40-49(54)53(44-36-43-52(5)6)48(38-30-23-19-21-26-33-41-50(55)57-45-35-28-17-14-11-8-2)39-31-24-20-22-27-34-42-51(56)58-46-47(4)37-29-15-12-9-3/h47-48H,7-46H2,1-6H3. The third-order valence-electron chi connectivity index (χ3n) is 11.9. The smallest absolute Gasteiger partial charge is 0.305 e. The molecule has 0 N–H and O–H groups in total. The summed E-state index contributed by atoms with van der Waals surface area (Å²) < 4.78 is 11.0. The van der Waals surface area contributed by atoms with Crippen molar-refractivity contribution in [2.75, 3.05) is 40.4 Å². The van der Waals surface area contributed by atoms with Crippen molar-refractivity contribution in [3.63, 3.8) is 0 Å². The molecule has 0 bridgehead atoms. The number of carbonyl (C=O) groups excluding carboxylic acids is 3. The van der Waals surface area contributed by atoms with Gasteiger partial charge in [0.2, 0.25) is 5.91 Å². The molecule has 2 unspecified atom stereocenters. The molecule has 0 aliphatic carbocycles. The van der Waals surface area contributed by atoms with Gasteiger partial charge >= 0.3 is 11.9 Å². The fourth-order valence-electron chi connectivity index (χ4n) is 8.06. The number of hydrogen-bond acceptors (Lipinski definition) is 6. The SMILES string of the molecule is CCCCCCCCCC(=O)N(CCCN(C)C)C(CCCCCCCCC(=O)OCCCCCCCC)CCCCCCCCC(=O)OCC(C)CCCCCC. The molecule has 1 amide bonds. The lowest BCUT2D eigenvalue weighted by molar-refractivity contribution is -0.145.